The lowest BCUT2D eigenvalue weighted by Crippen LogP contribution is -2.03. The molecule has 0 aliphatic heterocycles. The Hall–Kier alpha value is -2.01. The predicted molar refractivity (Wildman–Crippen MR) is 89.5 cm³/mol. The van der Waals surface area contributed by atoms with E-state index in [0.717, 1.165) is 32.9 Å². The molecule has 0 saturated heterocycles. The molecular formula is C16H17BrN2O2. The maximum absolute atomic E-state index is 5.39. The van der Waals surface area contributed by atoms with Crippen molar-refractivity contribution in [3.8, 4) is 11.5 Å². The van der Waals surface area contributed by atoms with Gasteiger partial charge in [-0.3, -0.25) is 5.43 Å². The van der Waals surface area contributed by atoms with Crippen LogP contribution in [0.4, 0.5) is 5.69 Å². The molecule has 0 heterocycles. The molecule has 0 atom stereocenters. The first-order valence-electron chi connectivity index (χ1n) is 6.43. The summed E-state index contributed by atoms with van der Waals surface area (Å²) in [5, 5.41) is 4.41. The maximum Gasteiger partial charge on any atom is 0.131 e. The van der Waals surface area contributed by atoms with Crippen LogP contribution in [0.25, 0.3) is 0 Å². The molecule has 0 unspecified atom stereocenters. The Kier molecular flexibility index (Phi) is 5.22. The molecule has 0 aliphatic carbocycles. The summed E-state index contributed by atoms with van der Waals surface area (Å²) < 4.78 is 11.5. The van der Waals surface area contributed by atoms with Gasteiger partial charge in [0.25, 0.3) is 0 Å². The van der Waals surface area contributed by atoms with E-state index in [0.29, 0.717) is 0 Å². The quantitative estimate of drug-likeness (QED) is 0.646. The normalized spacial score (nSPS) is 11.1. The lowest BCUT2D eigenvalue weighted by molar-refractivity contribution is 0.394. The molecule has 110 valence electrons. The Bertz CT molecular complexity index is 656. The molecule has 1 N–H and O–H groups in total. The third kappa shape index (κ3) is 3.76. The summed E-state index contributed by atoms with van der Waals surface area (Å²) in [6.07, 6.45) is 0. The molecule has 2 aromatic rings. The summed E-state index contributed by atoms with van der Waals surface area (Å²) in [6, 6.07) is 13.5. The lowest BCUT2D eigenvalue weighted by Gasteiger charge is -2.11. The van der Waals surface area contributed by atoms with Crippen molar-refractivity contribution in [3.63, 3.8) is 0 Å². The van der Waals surface area contributed by atoms with Gasteiger partial charge in [-0.1, -0.05) is 12.1 Å². The van der Waals surface area contributed by atoms with Crippen LogP contribution in [0.15, 0.2) is 52.0 Å². The second kappa shape index (κ2) is 7.13. The van der Waals surface area contributed by atoms with Crippen LogP contribution in [-0.4, -0.2) is 19.9 Å². The summed E-state index contributed by atoms with van der Waals surface area (Å²) in [4.78, 5) is 0. The minimum atomic E-state index is 0.726. The largest absolute Gasteiger partial charge is 0.497 e. The van der Waals surface area contributed by atoms with Crippen LogP contribution in [0.3, 0.4) is 0 Å². The van der Waals surface area contributed by atoms with E-state index in [4.69, 9.17) is 9.47 Å². The number of hydrazone groups is 1. The molecule has 4 nitrogen and oxygen atoms in total. The molecule has 0 fully saturated rings. The maximum atomic E-state index is 5.39. The van der Waals surface area contributed by atoms with E-state index in [-0.39, 0.29) is 0 Å². The molecule has 0 spiro atoms. The molecule has 21 heavy (non-hydrogen) atoms. The third-order valence-electron chi connectivity index (χ3n) is 3.02. The highest BCUT2D eigenvalue weighted by atomic mass is 79.9. The van der Waals surface area contributed by atoms with Crippen molar-refractivity contribution in [2.45, 2.75) is 6.92 Å². The zero-order valence-corrected chi connectivity index (χ0v) is 13.8. The Morgan fingerprint density at radius 1 is 1.10 bits per heavy atom. The van der Waals surface area contributed by atoms with E-state index in [1.54, 1.807) is 14.2 Å². The van der Waals surface area contributed by atoms with Gasteiger partial charge in [-0.25, -0.2) is 0 Å². The van der Waals surface area contributed by atoms with Crippen molar-refractivity contribution in [1.82, 2.24) is 0 Å². The Labute approximate surface area is 132 Å². The number of para-hydroxylation sites is 1. The van der Waals surface area contributed by atoms with Gasteiger partial charge in [0.2, 0.25) is 0 Å². The van der Waals surface area contributed by atoms with Crippen molar-refractivity contribution in [3.05, 3.63) is 52.5 Å². The van der Waals surface area contributed by atoms with Gasteiger partial charge in [-0.2, -0.15) is 5.10 Å². The number of anilines is 1. The van der Waals surface area contributed by atoms with Crippen LogP contribution in [0.1, 0.15) is 12.5 Å². The first-order valence-corrected chi connectivity index (χ1v) is 7.22. The summed E-state index contributed by atoms with van der Waals surface area (Å²) in [7, 11) is 3.26. The van der Waals surface area contributed by atoms with Crippen molar-refractivity contribution >= 4 is 27.3 Å². The van der Waals surface area contributed by atoms with Gasteiger partial charge < -0.3 is 9.47 Å². The van der Waals surface area contributed by atoms with Crippen LogP contribution >= 0.6 is 15.9 Å². The monoisotopic (exact) mass is 348 g/mol. The molecule has 0 amide bonds. The van der Waals surface area contributed by atoms with E-state index >= 15 is 0 Å². The van der Waals surface area contributed by atoms with E-state index in [1.807, 2.05) is 49.4 Å². The van der Waals surface area contributed by atoms with Crippen molar-refractivity contribution in [2.75, 3.05) is 19.6 Å². The third-order valence-corrected chi connectivity index (χ3v) is 3.71. The van der Waals surface area contributed by atoms with Gasteiger partial charge in [0.15, 0.2) is 0 Å². The van der Waals surface area contributed by atoms with Gasteiger partial charge in [0.05, 0.1) is 25.6 Å². The van der Waals surface area contributed by atoms with Crippen LogP contribution < -0.4 is 14.9 Å². The fourth-order valence-corrected chi connectivity index (χ4v) is 2.23. The standard InChI is InChI=1S/C16H17BrN2O2/c1-11(18-19-15-7-5-4-6-14(15)17)13-9-8-12(20-2)10-16(13)21-3/h4-10,19H,1-3H3/b18-11+. The molecule has 0 radical (unpaired) electrons. The Morgan fingerprint density at radius 2 is 1.86 bits per heavy atom. The Balaban J connectivity index is 2.25. The van der Waals surface area contributed by atoms with Gasteiger partial charge in [-0.15, -0.1) is 0 Å². The minimum Gasteiger partial charge on any atom is -0.497 e. The highest BCUT2D eigenvalue weighted by Crippen LogP contribution is 2.26. The molecule has 2 aromatic carbocycles. The summed E-state index contributed by atoms with van der Waals surface area (Å²) in [5.41, 5.74) is 5.69. The van der Waals surface area contributed by atoms with Crippen LogP contribution in [0.2, 0.25) is 0 Å². The number of rotatable bonds is 5. The summed E-state index contributed by atoms with van der Waals surface area (Å²) in [5.74, 6) is 1.48. The first kappa shape index (κ1) is 15.4. The number of methoxy groups -OCH3 is 2. The minimum absolute atomic E-state index is 0.726. The van der Waals surface area contributed by atoms with Gasteiger partial charge in [0.1, 0.15) is 11.5 Å². The Morgan fingerprint density at radius 3 is 2.52 bits per heavy atom. The highest BCUT2D eigenvalue weighted by Gasteiger charge is 2.08. The number of nitrogens with one attached hydrogen (secondary N) is 1. The van der Waals surface area contributed by atoms with E-state index < -0.39 is 0 Å². The molecule has 0 aliphatic rings. The average molecular weight is 349 g/mol. The molecule has 0 saturated carbocycles. The van der Waals surface area contributed by atoms with Crippen LogP contribution in [0, 0.1) is 0 Å². The fraction of sp³-hybridized carbons (Fsp3) is 0.188. The number of hydrogen-bond acceptors (Lipinski definition) is 4. The molecule has 0 bridgehead atoms. The zero-order valence-electron chi connectivity index (χ0n) is 12.2. The topological polar surface area (TPSA) is 42.8 Å². The number of nitrogens with zero attached hydrogens (tertiary/aromatic N) is 1. The second-order valence-corrected chi connectivity index (χ2v) is 5.21. The molecule has 2 rings (SSSR count). The highest BCUT2D eigenvalue weighted by molar-refractivity contribution is 9.10. The van der Waals surface area contributed by atoms with Crippen molar-refractivity contribution < 1.29 is 9.47 Å². The van der Waals surface area contributed by atoms with Gasteiger partial charge in [-0.05, 0) is 47.1 Å². The second-order valence-electron chi connectivity index (χ2n) is 4.36. The smallest absolute Gasteiger partial charge is 0.131 e. The predicted octanol–water partition coefficient (Wildman–Crippen LogP) is 4.30. The van der Waals surface area contributed by atoms with E-state index in [1.165, 1.54) is 0 Å². The number of benzene rings is 2. The first-order chi connectivity index (χ1) is 10.2. The number of hydrogen-bond donors (Lipinski definition) is 1. The van der Waals surface area contributed by atoms with Crippen molar-refractivity contribution in [1.29, 1.82) is 0 Å². The van der Waals surface area contributed by atoms with E-state index in [2.05, 4.69) is 26.5 Å². The number of halogens is 1. The molecule has 0 aromatic heterocycles. The molecular weight excluding hydrogens is 332 g/mol. The SMILES string of the molecule is COc1ccc(/C(C)=N/Nc2ccccc2Br)c(OC)c1. The van der Waals surface area contributed by atoms with Gasteiger partial charge >= 0.3 is 0 Å². The van der Waals surface area contributed by atoms with Crippen LogP contribution in [0.5, 0.6) is 11.5 Å². The lowest BCUT2D eigenvalue weighted by atomic mass is 10.1. The average Bonchev–Trinajstić information content (AvgIpc) is 2.53. The fourth-order valence-electron chi connectivity index (χ4n) is 1.85. The van der Waals surface area contributed by atoms with Crippen molar-refractivity contribution in [2.24, 2.45) is 5.10 Å². The van der Waals surface area contributed by atoms with Gasteiger partial charge in [0, 0.05) is 16.1 Å². The van der Waals surface area contributed by atoms with Crippen LogP contribution in [-0.2, 0) is 0 Å². The van der Waals surface area contributed by atoms with E-state index in [9.17, 15) is 0 Å². The summed E-state index contributed by atoms with van der Waals surface area (Å²) >= 11 is 3.48. The zero-order chi connectivity index (χ0) is 15.2. The number of ether oxygens (including phenoxy) is 2. The summed E-state index contributed by atoms with van der Waals surface area (Å²) in [6.45, 7) is 1.92. The molecule has 5 heteroatoms.